The van der Waals surface area contributed by atoms with E-state index >= 15 is 0 Å². The maximum absolute atomic E-state index is 2.26. The first-order valence-electron chi connectivity index (χ1n) is 9.25. The first-order valence-corrected chi connectivity index (χ1v) is 9.25. The van der Waals surface area contributed by atoms with Crippen molar-refractivity contribution in [3.8, 4) is 22.5 Å². The smallest absolute Gasteiger partial charge is 0.0482 e. The van der Waals surface area contributed by atoms with E-state index < -0.39 is 0 Å². The molecular weight excluding hydrogens is 328 g/mol. The number of hydrogen-bond acceptors (Lipinski definition) is 1. The quantitative estimate of drug-likeness (QED) is 0.410. The molecule has 0 fully saturated rings. The summed E-state index contributed by atoms with van der Waals surface area (Å²) in [5.74, 6) is 0. The van der Waals surface area contributed by atoms with E-state index in [0.29, 0.717) is 0 Å². The lowest BCUT2D eigenvalue weighted by Crippen LogP contribution is -2.09. The molecule has 0 unspecified atom stereocenters. The van der Waals surface area contributed by atoms with E-state index in [0.717, 1.165) is 0 Å². The molecule has 1 heterocycles. The molecule has 4 rings (SSSR count). The van der Waals surface area contributed by atoms with Gasteiger partial charge in [0, 0.05) is 36.9 Å². The SMILES string of the molecule is Cc1ccc(N(C)c2ccc(-c3ccc(-c4ccccc4)n3C)cc2)cc1. The molecule has 0 amide bonds. The summed E-state index contributed by atoms with van der Waals surface area (Å²) >= 11 is 0. The van der Waals surface area contributed by atoms with Crippen molar-refractivity contribution in [3.63, 3.8) is 0 Å². The highest BCUT2D eigenvalue weighted by atomic mass is 15.1. The van der Waals surface area contributed by atoms with Crippen molar-refractivity contribution in [1.82, 2.24) is 4.57 Å². The molecule has 2 heteroatoms. The van der Waals surface area contributed by atoms with Crippen LogP contribution in [0.1, 0.15) is 5.56 Å². The summed E-state index contributed by atoms with van der Waals surface area (Å²) in [5, 5.41) is 0. The van der Waals surface area contributed by atoms with Crippen LogP contribution in [0.25, 0.3) is 22.5 Å². The second-order valence-corrected chi connectivity index (χ2v) is 6.97. The zero-order chi connectivity index (χ0) is 18.8. The fourth-order valence-corrected chi connectivity index (χ4v) is 3.47. The van der Waals surface area contributed by atoms with E-state index in [1.54, 1.807) is 0 Å². The summed E-state index contributed by atoms with van der Waals surface area (Å²) in [6.45, 7) is 2.11. The standard InChI is InChI=1S/C25H24N2/c1-19-9-13-22(14-10-19)26(2)23-15-11-21(12-16-23)25-18-17-24(27(25)3)20-7-5-4-6-8-20/h4-18H,1-3H3. The molecule has 0 bridgehead atoms. The highest BCUT2D eigenvalue weighted by Crippen LogP contribution is 2.30. The van der Waals surface area contributed by atoms with E-state index in [-0.39, 0.29) is 0 Å². The first kappa shape index (κ1) is 17.2. The Morgan fingerprint density at radius 2 is 1.07 bits per heavy atom. The van der Waals surface area contributed by atoms with Gasteiger partial charge in [-0.25, -0.2) is 0 Å². The summed E-state index contributed by atoms with van der Waals surface area (Å²) in [6, 6.07) is 32.3. The molecule has 0 aliphatic heterocycles. The molecule has 27 heavy (non-hydrogen) atoms. The molecule has 1 aromatic heterocycles. The van der Waals surface area contributed by atoms with Gasteiger partial charge in [0.25, 0.3) is 0 Å². The highest BCUT2D eigenvalue weighted by Gasteiger charge is 2.09. The van der Waals surface area contributed by atoms with Crippen molar-refractivity contribution in [2.45, 2.75) is 6.92 Å². The van der Waals surface area contributed by atoms with Crippen molar-refractivity contribution >= 4 is 11.4 Å². The topological polar surface area (TPSA) is 8.17 Å². The number of nitrogens with zero attached hydrogens (tertiary/aromatic N) is 2. The van der Waals surface area contributed by atoms with Crippen LogP contribution in [0.2, 0.25) is 0 Å². The average Bonchev–Trinajstić information content (AvgIpc) is 3.10. The third-order valence-corrected chi connectivity index (χ3v) is 5.16. The van der Waals surface area contributed by atoms with Crippen molar-refractivity contribution in [2.24, 2.45) is 7.05 Å². The summed E-state index contributed by atoms with van der Waals surface area (Å²) in [6.07, 6.45) is 0. The largest absolute Gasteiger partial charge is 0.345 e. The first-order chi connectivity index (χ1) is 13.1. The number of aryl methyl sites for hydroxylation is 1. The minimum absolute atomic E-state index is 1.18. The van der Waals surface area contributed by atoms with Gasteiger partial charge < -0.3 is 9.47 Å². The number of rotatable bonds is 4. The number of aromatic nitrogens is 1. The lowest BCUT2D eigenvalue weighted by atomic mass is 10.1. The Bertz CT molecular complexity index is 1030. The van der Waals surface area contributed by atoms with Gasteiger partial charge in [0.05, 0.1) is 0 Å². The van der Waals surface area contributed by atoms with Crippen molar-refractivity contribution < 1.29 is 0 Å². The Kier molecular flexibility index (Phi) is 4.55. The monoisotopic (exact) mass is 352 g/mol. The normalized spacial score (nSPS) is 10.8. The van der Waals surface area contributed by atoms with Crippen LogP contribution in [-0.4, -0.2) is 11.6 Å². The maximum atomic E-state index is 2.26. The lowest BCUT2D eigenvalue weighted by molar-refractivity contribution is 0.946. The van der Waals surface area contributed by atoms with Gasteiger partial charge in [-0.05, 0) is 54.4 Å². The Balaban J connectivity index is 1.61. The molecule has 0 N–H and O–H groups in total. The van der Waals surface area contributed by atoms with E-state index in [4.69, 9.17) is 0 Å². The fraction of sp³-hybridized carbons (Fsp3) is 0.120. The van der Waals surface area contributed by atoms with E-state index in [1.165, 1.54) is 39.5 Å². The number of benzene rings is 3. The van der Waals surface area contributed by atoms with Crippen molar-refractivity contribution in [2.75, 3.05) is 11.9 Å². The second kappa shape index (κ2) is 7.16. The molecule has 2 nitrogen and oxygen atoms in total. The summed E-state index contributed by atoms with van der Waals surface area (Å²) in [5.41, 5.74) is 8.56. The van der Waals surface area contributed by atoms with Crippen LogP contribution in [0.15, 0.2) is 91.0 Å². The van der Waals surface area contributed by atoms with Gasteiger partial charge in [-0.2, -0.15) is 0 Å². The predicted octanol–water partition coefficient (Wildman–Crippen LogP) is 6.44. The van der Waals surface area contributed by atoms with Gasteiger partial charge in [0.1, 0.15) is 0 Å². The number of anilines is 2. The lowest BCUT2D eigenvalue weighted by Gasteiger charge is -2.20. The highest BCUT2D eigenvalue weighted by molar-refractivity contribution is 5.72. The van der Waals surface area contributed by atoms with Crippen LogP contribution in [-0.2, 0) is 7.05 Å². The third kappa shape index (κ3) is 3.39. The molecule has 0 atom stereocenters. The third-order valence-electron chi connectivity index (χ3n) is 5.16. The average molecular weight is 352 g/mol. The molecule has 0 saturated carbocycles. The Morgan fingerprint density at radius 3 is 1.63 bits per heavy atom. The molecule has 4 aromatic rings. The van der Waals surface area contributed by atoms with Crippen LogP contribution in [0.3, 0.4) is 0 Å². The molecular formula is C25H24N2. The summed E-state index contributed by atoms with van der Waals surface area (Å²) in [4.78, 5) is 2.21. The van der Waals surface area contributed by atoms with Crippen LogP contribution in [0.4, 0.5) is 11.4 Å². The van der Waals surface area contributed by atoms with Gasteiger partial charge in [0.15, 0.2) is 0 Å². The predicted molar refractivity (Wildman–Crippen MR) is 116 cm³/mol. The zero-order valence-electron chi connectivity index (χ0n) is 16.1. The molecule has 0 aliphatic carbocycles. The Labute approximate surface area is 161 Å². The van der Waals surface area contributed by atoms with Gasteiger partial charge in [-0.1, -0.05) is 60.2 Å². The minimum Gasteiger partial charge on any atom is -0.345 e. The zero-order valence-corrected chi connectivity index (χ0v) is 16.1. The van der Waals surface area contributed by atoms with Gasteiger partial charge in [-0.3, -0.25) is 0 Å². The number of hydrogen-bond donors (Lipinski definition) is 0. The molecule has 0 saturated heterocycles. The maximum Gasteiger partial charge on any atom is 0.0482 e. The Morgan fingerprint density at radius 1 is 0.593 bits per heavy atom. The van der Waals surface area contributed by atoms with Gasteiger partial charge in [0.2, 0.25) is 0 Å². The van der Waals surface area contributed by atoms with Crippen molar-refractivity contribution in [1.29, 1.82) is 0 Å². The Hall–Kier alpha value is -3.26. The van der Waals surface area contributed by atoms with E-state index in [9.17, 15) is 0 Å². The molecule has 3 aromatic carbocycles. The van der Waals surface area contributed by atoms with Crippen LogP contribution in [0.5, 0.6) is 0 Å². The fourth-order valence-electron chi connectivity index (χ4n) is 3.47. The minimum atomic E-state index is 1.18. The van der Waals surface area contributed by atoms with E-state index in [2.05, 4.69) is 121 Å². The second-order valence-electron chi connectivity index (χ2n) is 6.97. The summed E-state index contributed by atoms with van der Waals surface area (Å²) < 4.78 is 2.26. The molecule has 0 aliphatic rings. The van der Waals surface area contributed by atoms with E-state index in [1.807, 2.05) is 0 Å². The van der Waals surface area contributed by atoms with Gasteiger partial charge >= 0.3 is 0 Å². The van der Waals surface area contributed by atoms with Crippen LogP contribution in [0, 0.1) is 6.92 Å². The van der Waals surface area contributed by atoms with Crippen LogP contribution >= 0.6 is 0 Å². The van der Waals surface area contributed by atoms with Crippen LogP contribution < -0.4 is 4.90 Å². The summed E-state index contributed by atoms with van der Waals surface area (Å²) in [7, 11) is 4.24. The van der Waals surface area contributed by atoms with Crippen molar-refractivity contribution in [3.05, 3.63) is 96.6 Å². The molecule has 0 spiro atoms. The molecule has 0 radical (unpaired) electrons. The molecule has 134 valence electrons. The van der Waals surface area contributed by atoms with Gasteiger partial charge in [-0.15, -0.1) is 0 Å².